The molecule has 0 atom stereocenters. The van der Waals surface area contributed by atoms with Crippen molar-refractivity contribution < 1.29 is 9.72 Å². The Bertz CT molecular complexity index is 717. The molecule has 0 aliphatic heterocycles. The quantitative estimate of drug-likeness (QED) is 0.667. The highest BCUT2D eigenvalue weighted by atomic mass is 35.5. The number of nitro groups is 1. The standard InChI is InChI=1S/C13H13ClN4O3S/c1-17(2)6-8-7-22-13(15-8)16-12(19)10-5-9(18(20)21)3-4-11(10)14/h3-5,7H,6H2,1-2H3,(H,15,16,19). The van der Waals surface area contributed by atoms with Crippen molar-refractivity contribution in [1.82, 2.24) is 9.88 Å². The van der Waals surface area contributed by atoms with Crippen LogP contribution in [-0.4, -0.2) is 34.8 Å². The number of aromatic nitrogens is 1. The first-order valence-corrected chi connectivity index (χ1v) is 7.47. The predicted molar refractivity (Wildman–Crippen MR) is 85.6 cm³/mol. The van der Waals surface area contributed by atoms with Crippen molar-refractivity contribution in [3.8, 4) is 0 Å². The molecule has 1 heterocycles. The van der Waals surface area contributed by atoms with Crippen LogP contribution in [0.3, 0.4) is 0 Å². The van der Waals surface area contributed by atoms with Gasteiger partial charge in [0.1, 0.15) is 0 Å². The third kappa shape index (κ3) is 4.00. The first-order chi connectivity index (χ1) is 10.4. The zero-order valence-corrected chi connectivity index (χ0v) is 13.4. The van der Waals surface area contributed by atoms with Gasteiger partial charge in [-0.05, 0) is 20.2 Å². The molecular formula is C13H13ClN4O3S. The summed E-state index contributed by atoms with van der Waals surface area (Å²) >= 11 is 7.21. The first-order valence-electron chi connectivity index (χ1n) is 6.21. The first kappa shape index (κ1) is 16.3. The lowest BCUT2D eigenvalue weighted by atomic mass is 10.2. The van der Waals surface area contributed by atoms with Gasteiger partial charge in [-0.25, -0.2) is 4.98 Å². The van der Waals surface area contributed by atoms with Crippen LogP contribution >= 0.6 is 22.9 Å². The third-order valence-corrected chi connectivity index (χ3v) is 3.79. The van der Waals surface area contributed by atoms with Crippen molar-refractivity contribution in [2.24, 2.45) is 0 Å². The number of amides is 1. The maximum Gasteiger partial charge on any atom is 0.270 e. The molecule has 0 saturated heterocycles. The maximum atomic E-state index is 12.2. The second-order valence-electron chi connectivity index (χ2n) is 4.76. The Balaban J connectivity index is 2.17. The number of rotatable bonds is 5. The van der Waals surface area contributed by atoms with Gasteiger partial charge in [-0.15, -0.1) is 11.3 Å². The molecule has 116 valence electrons. The predicted octanol–water partition coefficient (Wildman–Crippen LogP) is 3.02. The number of benzene rings is 1. The monoisotopic (exact) mass is 340 g/mol. The molecule has 2 rings (SSSR count). The van der Waals surface area contributed by atoms with Gasteiger partial charge in [-0.1, -0.05) is 11.6 Å². The summed E-state index contributed by atoms with van der Waals surface area (Å²) in [4.78, 5) is 28.6. The molecule has 0 aliphatic carbocycles. The van der Waals surface area contributed by atoms with Crippen LogP contribution in [-0.2, 0) is 6.54 Å². The molecule has 0 bridgehead atoms. The summed E-state index contributed by atoms with van der Waals surface area (Å²) in [6.45, 7) is 0.657. The van der Waals surface area contributed by atoms with Crippen LogP contribution in [0.15, 0.2) is 23.6 Å². The average Bonchev–Trinajstić information content (AvgIpc) is 2.85. The van der Waals surface area contributed by atoms with Gasteiger partial charge in [0, 0.05) is 24.1 Å². The lowest BCUT2D eigenvalue weighted by Gasteiger charge is -2.06. The number of carbonyl (C=O) groups is 1. The molecule has 1 amide bonds. The molecule has 22 heavy (non-hydrogen) atoms. The minimum atomic E-state index is -0.578. The fourth-order valence-electron chi connectivity index (χ4n) is 1.73. The molecule has 0 radical (unpaired) electrons. The molecule has 0 spiro atoms. The van der Waals surface area contributed by atoms with Crippen LogP contribution in [0.4, 0.5) is 10.8 Å². The zero-order chi connectivity index (χ0) is 16.3. The second-order valence-corrected chi connectivity index (χ2v) is 6.02. The van der Waals surface area contributed by atoms with E-state index in [9.17, 15) is 14.9 Å². The van der Waals surface area contributed by atoms with Crippen molar-refractivity contribution >= 4 is 39.7 Å². The lowest BCUT2D eigenvalue weighted by Crippen LogP contribution is -2.14. The van der Waals surface area contributed by atoms with Crippen molar-refractivity contribution in [2.45, 2.75) is 6.54 Å². The molecule has 9 heteroatoms. The SMILES string of the molecule is CN(C)Cc1csc(NC(=O)c2cc([N+](=O)[O-])ccc2Cl)n1. The highest BCUT2D eigenvalue weighted by Crippen LogP contribution is 2.24. The largest absolute Gasteiger partial charge is 0.304 e. The van der Waals surface area contributed by atoms with Gasteiger partial charge < -0.3 is 4.90 Å². The molecule has 2 aromatic rings. The van der Waals surface area contributed by atoms with Gasteiger partial charge in [-0.3, -0.25) is 20.2 Å². The van der Waals surface area contributed by atoms with E-state index in [2.05, 4.69) is 10.3 Å². The van der Waals surface area contributed by atoms with E-state index in [4.69, 9.17) is 11.6 Å². The van der Waals surface area contributed by atoms with Gasteiger partial charge in [0.05, 0.1) is 21.2 Å². The van der Waals surface area contributed by atoms with Crippen LogP contribution in [0.5, 0.6) is 0 Å². The molecule has 0 unspecified atom stereocenters. The van der Waals surface area contributed by atoms with Gasteiger partial charge in [0.25, 0.3) is 11.6 Å². The number of thiazole rings is 1. The van der Waals surface area contributed by atoms with Crippen molar-refractivity contribution in [3.63, 3.8) is 0 Å². The summed E-state index contributed by atoms with van der Waals surface area (Å²) in [6.07, 6.45) is 0. The van der Waals surface area contributed by atoms with E-state index in [1.807, 2.05) is 24.4 Å². The molecule has 1 aromatic heterocycles. The van der Waals surface area contributed by atoms with Crippen LogP contribution in [0.1, 0.15) is 16.1 Å². The number of nitrogens with one attached hydrogen (secondary N) is 1. The Labute approximate surface area is 135 Å². The maximum absolute atomic E-state index is 12.2. The Kier molecular flexibility index (Phi) is 5.07. The van der Waals surface area contributed by atoms with Gasteiger partial charge in [0.2, 0.25) is 0 Å². The topological polar surface area (TPSA) is 88.4 Å². The highest BCUT2D eigenvalue weighted by Gasteiger charge is 2.17. The van der Waals surface area contributed by atoms with E-state index in [-0.39, 0.29) is 16.3 Å². The Morgan fingerprint density at radius 2 is 2.23 bits per heavy atom. The molecule has 1 N–H and O–H groups in total. The number of carbonyl (C=O) groups excluding carboxylic acids is 1. The van der Waals surface area contributed by atoms with Crippen molar-refractivity contribution in [1.29, 1.82) is 0 Å². The second kappa shape index (κ2) is 6.82. The third-order valence-electron chi connectivity index (χ3n) is 2.66. The summed E-state index contributed by atoms with van der Waals surface area (Å²) in [7, 11) is 3.83. The number of nitro benzene ring substituents is 1. The summed E-state index contributed by atoms with van der Waals surface area (Å²) in [6, 6.07) is 3.72. The number of hydrogen-bond donors (Lipinski definition) is 1. The van der Waals surface area contributed by atoms with E-state index in [1.54, 1.807) is 0 Å². The molecule has 0 saturated carbocycles. The normalized spacial score (nSPS) is 10.7. The van der Waals surface area contributed by atoms with E-state index >= 15 is 0 Å². The van der Waals surface area contributed by atoms with Crippen LogP contribution in [0.25, 0.3) is 0 Å². The summed E-state index contributed by atoms with van der Waals surface area (Å²) < 4.78 is 0. The van der Waals surface area contributed by atoms with Crippen molar-refractivity contribution in [3.05, 3.63) is 50.0 Å². The Morgan fingerprint density at radius 1 is 1.50 bits per heavy atom. The number of anilines is 1. The fraction of sp³-hybridized carbons (Fsp3) is 0.231. The molecule has 7 nitrogen and oxygen atoms in total. The number of halogens is 1. The van der Waals surface area contributed by atoms with Crippen molar-refractivity contribution in [2.75, 3.05) is 19.4 Å². The van der Waals surface area contributed by atoms with E-state index in [0.29, 0.717) is 11.7 Å². The summed E-state index contributed by atoms with van der Waals surface area (Å²) in [5.74, 6) is -0.528. The average molecular weight is 341 g/mol. The molecule has 0 fully saturated rings. The number of non-ortho nitro benzene ring substituents is 1. The number of hydrogen-bond acceptors (Lipinski definition) is 6. The van der Waals surface area contributed by atoms with E-state index < -0.39 is 10.8 Å². The van der Waals surface area contributed by atoms with Gasteiger partial charge in [0.15, 0.2) is 5.13 Å². The zero-order valence-electron chi connectivity index (χ0n) is 11.9. The van der Waals surface area contributed by atoms with Gasteiger partial charge in [-0.2, -0.15) is 0 Å². The Hall–Kier alpha value is -2.03. The van der Waals surface area contributed by atoms with E-state index in [0.717, 1.165) is 11.8 Å². The minimum absolute atomic E-state index is 0.0419. The van der Waals surface area contributed by atoms with Crippen LogP contribution < -0.4 is 5.32 Å². The summed E-state index contributed by atoms with van der Waals surface area (Å²) in [5, 5.41) is 15.8. The Morgan fingerprint density at radius 3 is 2.86 bits per heavy atom. The fourth-order valence-corrected chi connectivity index (χ4v) is 2.63. The minimum Gasteiger partial charge on any atom is -0.304 e. The van der Waals surface area contributed by atoms with Gasteiger partial charge >= 0.3 is 0 Å². The molecule has 1 aromatic carbocycles. The van der Waals surface area contributed by atoms with E-state index in [1.165, 1.54) is 23.5 Å². The summed E-state index contributed by atoms with van der Waals surface area (Å²) in [5.41, 5.74) is 0.678. The highest BCUT2D eigenvalue weighted by molar-refractivity contribution is 7.14. The molecule has 0 aliphatic rings. The van der Waals surface area contributed by atoms with Crippen LogP contribution in [0.2, 0.25) is 5.02 Å². The lowest BCUT2D eigenvalue weighted by molar-refractivity contribution is -0.384. The molecular weight excluding hydrogens is 328 g/mol. The number of nitrogens with zero attached hydrogens (tertiary/aromatic N) is 3. The van der Waals surface area contributed by atoms with Crippen LogP contribution in [0, 0.1) is 10.1 Å². The smallest absolute Gasteiger partial charge is 0.270 e.